The van der Waals surface area contributed by atoms with Gasteiger partial charge in [-0.1, -0.05) is 0 Å². The van der Waals surface area contributed by atoms with Crippen molar-refractivity contribution >= 4 is 12.1 Å². The fourth-order valence-electron chi connectivity index (χ4n) is 0.614. The summed E-state index contributed by atoms with van der Waals surface area (Å²) in [4.78, 5) is 23.0. The number of carbonyl (C=O) groups is 2. The van der Waals surface area contributed by atoms with E-state index in [1.807, 2.05) is 0 Å². The number of hydrogen-bond donors (Lipinski definition) is 0. The number of nitrogens with zero attached hydrogens (tertiary/aromatic N) is 1. The molecule has 0 rings (SSSR count). The van der Waals surface area contributed by atoms with E-state index in [4.69, 9.17) is 4.74 Å². The third-order valence-electron chi connectivity index (χ3n) is 1.24. The fourth-order valence-corrected chi connectivity index (χ4v) is 0.614. The van der Waals surface area contributed by atoms with Gasteiger partial charge >= 0.3 is 12.1 Å². The zero-order chi connectivity index (χ0) is 10.4. The normalized spacial score (nSPS) is 9.62. The fraction of sp³-hybridized carbons (Fsp3) is 0.750. The van der Waals surface area contributed by atoms with Crippen molar-refractivity contribution in [3.8, 4) is 0 Å². The molecule has 0 aliphatic heterocycles. The molecule has 0 aromatic rings. The lowest BCUT2D eigenvalue weighted by Gasteiger charge is -2.17. The van der Waals surface area contributed by atoms with Crippen molar-refractivity contribution in [2.75, 3.05) is 20.7 Å². The number of ether oxygens (including phenoxy) is 2. The molecule has 0 N–H and O–H groups in total. The van der Waals surface area contributed by atoms with Crippen molar-refractivity contribution in [2.24, 2.45) is 0 Å². The average Bonchev–Trinajstić information content (AvgIpc) is 2.02. The molecule has 0 atom stereocenters. The number of likely N-dealkylation sites (N-methyl/N-ethyl adjacent to an activating group) is 1. The third kappa shape index (κ3) is 5.05. The summed E-state index contributed by atoms with van der Waals surface area (Å²) < 4.78 is 9.22. The van der Waals surface area contributed by atoms with Crippen LogP contribution in [0.1, 0.15) is 13.8 Å². The Morgan fingerprint density at radius 3 is 2.31 bits per heavy atom. The van der Waals surface area contributed by atoms with Crippen LogP contribution in [0, 0.1) is 0 Å². The van der Waals surface area contributed by atoms with E-state index in [-0.39, 0.29) is 12.6 Å². The van der Waals surface area contributed by atoms with E-state index in [0.29, 0.717) is 0 Å². The maximum absolute atomic E-state index is 11.1. The van der Waals surface area contributed by atoms with Gasteiger partial charge in [0.25, 0.3) is 0 Å². The Labute approximate surface area is 77.6 Å². The second kappa shape index (κ2) is 5.40. The highest BCUT2D eigenvalue weighted by Gasteiger charge is 2.14. The van der Waals surface area contributed by atoms with E-state index in [2.05, 4.69) is 4.74 Å². The van der Waals surface area contributed by atoms with Crippen LogP contribution in [-0.4, -0.2) is 43.8 Å². The summed E-state index contributed by atoms with van der Waals surface area (Å²) in [6.45, 7) is 3.38. The minimum atomic E-state index is -0.527. The molecule has 0 saturated heterocycles. The first-order valence-corrected chi connectivity index (χ1v) is 3.96. The molecule has 13 heavy (non-hydrogen) atoms. The van der Waals surface area contributed by atoms with Crippen LogP contribution in [-0.2, 0) is 14.3 Å². The maximum atomic E-state index is 11.1. The van der Waals surface area contributed by atoms with Crippen LogP contribution >= 0.6 is 0 Å². The van der Waals surface area contributed by atoms with Gasteiger partial charge in [-0.05, 0) is 13.8 Å². The number of carbonyl (C=O) groups excluding carboxylic acids is 2. The van der Waals surface area contributed by atoms with E-state index in [1.54, 1.807) is 13.8 Å². The van der Waals surface area contributed by atoms with E-state index in [0.717, 1.165) is 4.90 Å². The van der Waals surface area contributed by atoms with Crippen molar-refractivity contribution in [2.45, 2.75) is 20.0 Å². The highest BCUT2D eigenvalue weighted by atomic mass is 16.6. The van der Waals surface area contributed by atoms with Gasteiger partial charge in [-0.15, -0.1) is 0 Å². The van der Waals surface area contributed by atoms with Gasteiger partial charge in [-0.25, -0.2) is 4.79 Å². The predicted octanol–water partition coefficient (Wildman–Crippen LogP) is 0.636. The lowest BCUT2D eigenvalue weighted by molar-refractivity contribution is -0.141. The molecule has 0 spiro atoms. The number of methoxy groups -OCH3 is 1. The molecular formula is C8H15NO4. The number of amides is 1. The highest BCUT2D eigenvalue weighted by Crippen LogP contribution is 1.95. The van der Waals surface area contributed by atoms with Crippen molar-refractivity contribution in [3.05, 3.63) is 0 Å². The number of esters is 1. The summed E-state index contributed by atoms with van der Waals surface area (Å²) >= 11 is 0. The molecular weight excluding hydrogens is 174 g/mol. The molecule has 0 aromatic carbocycles. The van der Waals surface area contributed by atoms with Crippen molar-refractivity contribution in [3.63, 3.8) is 0 Å². The Hall–Kier alpha value is -1.26. The molecule has 0 aliphatic carbocycles. The average molecular weight is 189 g/mol. The van der Waals surface area contributed by atoms with Gasteiger partial charge in [-0.2, -0.15) is 0 Å². The van der Waals surface area contributed by atoms with E-state index in [9.17, 15) is 9.59 Å². The maximum Gasteiger partial charge on any atom is 0.410 e. The van der Waals surface area contributed by atoms with Crippen LogP contribution in [0.3, 0.4) is 0 Å². The Bertz CT molecular complexity index is 191. The quantitative estimate of drug-likeness (QED) is 0.611. The molecule has 0 saturated carbocycles. The minimum absolute atomic E-state index is 0.0952. The van der Waals surface area contributed by atoms with Crippen molar-refractivity contribution in [1.29, 1.82) is 0 Å². The predicted molar refractivity (Wildman–Crippen MR) is 46.3 cm³/mol. The molecule has 0 heterocycles. The van der Waals surface area contributed by atoms with E-state index >= 15 is 0 Å². The number of hydrogen-bond acceptors (Lipinski definition) is 4. The van der Waals surface area contributed by atoms with E-state index in [1.165, 1.54) is 14.2 Å². The van der Waals surface area contributed by atoms with Crippen LogP contribution in [0.4, 0.5) is 4.79 Å². The zero-order valence-corrected chi connectivity index (χ0v) is 8.36. The molecule has 1 amide bonds. The monoisotopic (exact) mass is 189 g/mol. The zero-order valence-electron chi connectivity index (χ0n) is 8.36. The van der Waals surface area contributed by atoms with Crippen LogP contribution in [0.15, 0.2) is 0 Å². The smallest absolute Gasteiger partial charge is 0.410 e. The molecule has 0 bridgehead atoms. The summed E-state index contributed by atoms with van der Waals surface area (Å²) in [5.41, 5.74) is 0. The summed E-state index contributed by atoms with van der Waals surface area (Å²) in [6, 6.07) is 0. The largest absolute Gasteiger partial charge is 0.468 e. The van der Waals surface area contributed by atoms with Gasteiger partial charge in [-0.3, -0.25) is 4.79 Å². The Morgan fingerprint density at radius 2 is 1.92 bits per heavy atom. The van der Waals surface area contributed by atoms with Gasteiger partial charge < -0.3 is 14.4 Å². The van der Waals surface area contributed by atoms with Crippen molar-refractivity contribution < 1.29 is 19.1 Å². The Kier molecular flexibility index (Phi) is 4.87. The van der Waals surface area contributed by atoms with Gasteiger partial charge in [0.05, 0.1) is 13.2 Å². The molecule has 0 aromatic heterocycles. The molecule has 5 heteroatoms. The topological polar surface area (TPSA) is 55.8 Å². The van der Waals surface area contributed by atoms with Gasteiger partial charge in [0.15, 0.2) is 0 Å². The first-order chi connectivity index (χ1) is 5.97. The highest BCUT2D eigenvalue weighted by molar-refractivity contribution is 5.77. The summed E-state index contributed by atoms with van der Waals surface area (Å²) in [7, 11) is 2.74. The summed E-state index contributed by atoms with van der Waals surface area (Å²) in [5, 5.41) is 0. The lowest BCUT2D eigenvalue weighted by Crippen LogP contribution is -2.34. The van der Waals surface area contributed by atoms with Gasteiger partial charge in [0.2, 0.25) is 0 Å². The molecule has 0 unspecified atom stereocenters. The molecule has 0 aliphatic rings. The molecule has 76 valence electrons. The SMILES string of the molecule is COC(=O)CN(C)C(=O)OC(C)C. The first-order valence-electron chi connectivity index (χ1n) is 3.96. The minimum Gasteiger partial charge on any atom is -0.468 e. The standard InChI is InChI=1S/C8H15NO4/c1-6(2)13-8(11)9(3)5-7(10)12-4/h6H,5H2,1-4H3. The van der Waals surface area contributed by atoms with Crippen LogP contribution < -0.4 is 0 Å². The molecule has 0 fully saturated rings. The van der Waals surface area contributed by atoms with E-state index < -0.39 is 12.1 Å². The Morgan fingerprint density at radius 1 is 1.38 bits per heavy atom. The van der Waals surface area contributed by atoms with Crippen LogP contribution in [0.25, 0.3) is 0 Å². The number of rotatable bonds is 3. The molecule has 0 radical (unpaired) electrons. The lowest BCUT2D eigenvalue weighted by atomic mass is 10.5. The Balaban J connectivity index is 3.89. The summed E-state index contributed by atoms with van der Waals surface area (Å²) in [5.74, 6) is -0.469. The third-order valence-corrected chi connectivity index (χ3v) is 1.24. The summed E-state index contributed by atoms with van der Waals surface area (Å²) in [6.07, 6.45) is -0.715. The van der Waals surface area contributed by atoms with Crippen molar-refractivity contribution in [1.82, 2.24) is 4.90 Å². The van der Waals surface area contributed by atoms with Crippen LogP contribution in [0.2, 0.25) is 0 Å². The van der Waals surface area contributed by atoms with Crippen LogP contribution in [0.5, 0.6) is 0 Å². The molecule has 5 nitrogen and oxygen atoms in total. The first kappa shape index (κ1) is 11.7. The second-order valence-corrected chi connectivity index (χ2v) is 2.86. The van der Waals surface area contributed by atoms with Gasteiger partial charge in [0, 0.05) is 7.05 Å². The van der Waals surface area contributed by atoms with Gasteiger partial charge in [0.1, 0.15) is 6.54 Å². The second-order valence-electron chi connectivity index (χ2n) is 2.86.